The van der Waals surface area contributed by atoms with Gasteiger partial charge in [0.2, 0.25) is 0 Å². The molecule has 4 heteroatoms. The van der Waals surface area contributed by atoms with Crippen LogP contribution in [-0.4, -0.2) is 19.6 Å². The molecule has 0 fully saturated rings. The molecule has 0 spiro atoms. The van der Waals surface area contributed by atoms with Crippen molar-refractivity contribution in [3.63, 3.8) is 0 Å². The summed E-state index contributed by atoms with van der Waals surface area (Å²) in [5, 5.41) is 3.32. The maximum atomic E-state index is 11.2. The van der Waals surface area contributed by atoms with Gasteiger partial charge in [0.25, 0.3) is 0 Å². The molecule has 94 valence electrons. The van der Waals surface area contributed by atoms with Crippen molar-refractivity contribution in [3.8, 4) is 0 Å². The van der Waals surface area contributed by atoms with Crippen molar-refractivity contribution in [3.05, 3.63) is 34.3 Å². The lowest BCUT2D eigenvalue weighted by atomic mass is 10.1. The summed E-state index contributed by atoms with van der Waals surface area (Å²) < 4.78 is 5.75. The molecule has 2 atom stereocenters. The minimum atomic E-state index is -0.180. The third-order valence-corrected chi connectivity index (χ3v) is 3.23. The van der Waals surface area contributed by atoms with E-state index in [1.54, 1.807) is 0 Å². The number of benzene rings is 1. The zero-order chi connectivity index (χ0) is 12.8. The first-order valence-electron chi connectivity index (χ1n) is 5.61. The van der Waals surface area contributed by atoms with Crippen LogP contribution in [0.5, 0.6) is 0 Å². The molecule has 0 radical (unpaired) electrons. The summed E-state index contributed by atoms with van der Waals surface area (Å²) in [6.45, 7) is 4.55. The largest absolute Gasteiger partial charge is 0.469 e. The normalized spacial score (nSPS) is 14.1. The summed E-state index contributed by atoms with van der Waals surface area (Å²) in [5.41, 5.74) is 1.20. The van der Waals surface area contributed by atoms with Gasteiger partial charge in [-0.3, -0.25) is 4.79 Å². The zero-order valence-electron chi connectivity index (χ0n) is 10.4. The van der Waals surface area contributed by atoms with Crippen LogP contribution in [0, 0.1) is 5.92 Å². The molecule has 17 heavy (non-hydrogen) atoms. The fourth-order valence-electron chi connectivity index (χ4n) is 1.51. The lowest BCUT2D eigenvalue weighted by molar-refractivity contribution is -0.144. The van der Waals surface area contributed by atoms with Gasteiger partial charge in [-0.05, 0) is 24.6 Å². The lowest BCUT2D eigenvalue weighted by Gasteiger charge is -2.17. The smallest absolute Gasteiger partial charge is 0.309 e. The van der Waals surface area contributed by atoms with E-state index in [1.165, 1.54) is 12.7 Å². The van der Waals surface area contributed by atoms with E-state index in [9.17, 15) is 4.79 Å². The van der Waals surface area contributed by atoms with Crippen LogP contribution >= 0.6 is 15.9 Å². The molecule has 1 aromatic carbocycles. The van der Waals surface area contributed by atoms with Crippen LogP contribution in [0.2, 0.25) is 0 Å². The molecule has 0 aliphatic heterocycles. The van der Waals surface area contributed by atoms with Gasteiger partial charge in [0.05, 0.1) is 13.0 Å². The number of ether oxygens (including phenoxy) is 1. The average Bonchev–Trinajstić information content (AvgIpc) is 2.35. The highest BCUT2D eigenvalue weighted by Crippen LogP contribution is 2.16. The van der Waals surface area contributed by atoms with E-state index in [4.69, 9.17) is 0 Å². The highest BCUT2D eigenvalue weighted by molar-refractivity contribution is 9.10. The maximum absolute atomic E-state index is 11.2. The van der Waals surface area contributed by atoms with Crippen molar-refractivity contribution in [1.29, 1.82) is 0 Å². The number of carbonyl (C=O) groups excluding carboxylic acids is 1. The molecule has 0 saturated heterocycles. The molecule has 0 aliphatic rings. The number of hydrogen-bond acceptors (Lipinski definition) is 3. The molecule has 1 N–H and O–H groups in total. The second-order valence-corrected chi connectivity index (χ2v) is 5.02. The standard InChI is InChI=1S/C13H18BrNO2/c1-9(13(16)17-3)8-15-10(2)11-4-6-12(14)7-5-11/h4-7,9-10,15H,8H2,1-3H3. The lowest BCUT2D eigenvalue weighted by Crippen LogP contribution is -2.29. The molecule has 0 aliphatic carbocycles. The van der Waals surface area contributed by atoms with Crippen molar-refractivity contribution in [2.75, 3.05) is 13.7 Å². The molecule has 0 amide bonds. The molecule has 1 rings (SSSR count). The molecule has 3 nitrogen and oxygen atoms in total. The summed E-state index contributed by atoms with van der Waals surface area (Å²) in [4.78, 5) is 11.2. The molecule has 2 unspecified atom stereocenters. The quantitative estimate of drug-likeness (QED) is 0.850. The maximum Gasteiger partial charge on any atom is 0.309 e. The van der Waals surface area contributed by atoms with Gasteiger partial charge in [-0.15, -0.1) is 0 Å². The van der Waals surface area contributed by atoms with Crippen molar-refractivity contribution >= 4 is 21.9 Å². The first kappa shape index (κ1) is 14.2. The molecule has 0 bridgehead atoms. The van der Waals surface area contributed by atoms with Gasteiger partial charge in [0, 0.05) is 17.1 Å². The van der Waals surface area contributed by atoms with E-state index in [2.05, 4.69) is 45.0 Å². The minimum Gasteiger partial charge on any atom is -0.469 e. The van der Waals surface area contributed by atoms with E-state index in [0.29, 0.717) is 6.54 Å². The number of esters is 1. The molecular weight excluding hydrogens is 282 g/mol. The third-order valence-electron chi connectivity index (χ3n) is 2.70. The van der Waals surface area contributed by atoms with Crippen LogP contribution in [0.25, 0.3) is 0 Å². The summed E-state index contributed by atoms with van der Waals surface area (Å²) in [7, 11) is 1.41. The van der Waals surface area contributed by atoms with Crippen molar-refractivity contribution in [1.82, 2.24) is 5.32 Å². The number of carbonyl (C=O) groups is 1. The summed E-state index contributed by atoms with van der Waals surface area (Å²) in [6.07, 6.45) is 0. The Bertz CT molecular complexity index is 364. The van der Waals surface area contributed by atoms with Crippen LogP contribution in [0.1, 0.15) is 25.5 Å². The first-order chi connectivity index (χ1) is 8.04. The number of methoxy groups -OCH3 is 1. The SMILES string of the molecule is COC(=O)C(C)CNC(C)c1ccc(Br)cc1. The highest BCUT2D eigenvalue weighted by atomic mass is 79.9. The Morgan fingerprint density at radius 2 is 1.94 bits per heavy atom. The second kappa shape index (κ2) is 6.77. The fourth-order valence-corrected chi connectivity index (χ4v) is 1.77. The molecule has 0 heterocycles. The number of rotatable bonds is 5. The van der Waals surface area contributed by atoms with Gasteiger partial charge in [0.1, 0.15) is 0 Å². The Balaban J connectivity index is 2.47. The van der Waals surface area contributed by atoms with Crippen LogP contribution in [0.15, 0.2) is 28.7 Å². The number of hydrogen-bond donors (Lipinski definition) is 1. The molecule has 0 aromatic heterocycles. The molecule has 0 saturated carbocycles. The van der Waals surface area contributed by atoms with E-state index < -0.39 is 0 Å². The molecule has 1 aromatic rings. The summed E-state index contributed by atoms with van der Waals surface area (Å²) in [6, 6.07) is 8.36. The first-order valence-corrected chi connectivity index (χ1v) is 6.40. The van der Waals surface area contributed by atoms with Crippen molar-refractivity contribution in [2.24, 2.45) is 5.92 Å². The number of halogens is 1. The van der Waals surface area contributed by atoms with Crippen LogP contribution in [0.4, 0.5) is 0 Å². The van der Waals surface area contributed by atoms with Gasteiger partial charge in [0.15, 0.2) is 0 Å². The van der Waals surface area contributed by atoms with Crippen LogP contribution in [0.3, 0.4) is 0 Å². The van der Waals surface area contributed by atoms with E-state index >= 15 is 0 Å². The van der Waals surface area contributed by atoms with Crippen LogP contribution < -0.4 is 5.32 Å². The third kappa shape index (κ3) is 4.48. The fraction of sp³-hybridized carbons (Fsp3) is 0.462. The Morgan fingerprint density at radius 3 is 2.47 bits per heavy atom. The average molecular weight is 300 g/mol. The van der Waals surface area contributed by atoms with Gasteiger partial charge in [-0.1, -0.05) is 35.0 Å². The van der Waals surface area contributed by atoms with E-state index in [0.717, 1.165) is 4.47 Å². The van der Waals surface area contributed by atoms with Gasteiger partial charge in [-0.25, -0.2) is 0 Å². The molecular formula is C13H18BrNO2. The van der Waals surface area contributed by atoms with Gasteiger partial charge >= 0.3 is 5.97 Å². The van der Waals surface area contributed by atoms with Crippen molar-refractivity contribution in [2.45, 2.75) is 19.9 Å². The predicted octanol–water partition coefficient (Wildman–Crippen LogP) is 2.91. The highest BCUT2D eigenvalue weighted by Gasteiger charge is 2.14. The Morgan fingerprint density at radius 1 is 1.35 bits per heavy atom. The predicted molar refractivity (Wildman–Crippen MR) is 71.7 cm³/mol. The van der Waals surface area contributed by atoms with E-state index in [1.807, 2.05) is 19.1 Å². The summed E-state index contributed by atoms with van der Waals surface area (Å²) >= 11 is 3.40. The van der Waals surface area contributed by atoms with Crippen LogP contribution in [-0.2, 0) is 9.53 Å². The van der Waals surface area contributed by atoms with Crippen molar-refractivity contribution < 1.29 is 9.53 Å². The Labute approximate surface area is 111 Å². The monoisotopic (exact) mass is 299 g/mol. The van der Waals surface area contributed by atoms with Gasteiger partial charge < -0.3 is 10.1 Å². The summed E-state index contributed by atoms with van der Waals surface area (Å²) in [5.74, 6) is -0.307. The van der Waals surface area contributed by atoms with Gasteiger partial charge in [-0.2, -0.15) is 0 Å². The Hall–Kier alpha value is -0.870. The minimum absolute atomic E-state index is 0.127. The topological polar surface area (TPSA) is 38.3 Å². The zero-order valence-corrected chi connectivity index (χ0v) is 12.0. The van der Waals surface area contributed by atoms with E-state index in [-0.39, 0.29) is 17.9 Å². The second-order valence-electron chi connectivity index (χ2n) is 4.11. The Kier molecular flexibility index (Phi) is 5.65. The number of nitrogens with one attached hydrogen (secondary N) is 1.